The maximum Gasteiger partial charge on any atom is 0.425 e. The number of aromatic nitrogens is 3. The Bertz CT molecular complexity index is 1250. The Balaban J connectivity index is 1.86. The minimum absolute atomic E-state index is 0.00286. The zero-order valence-electron chi connectivity index (χ0n) is 19.6. The van der Waals surface area contributed by atoms with E-state index in [1.165, 1.54) is 43.0 Å². The van der Waals surface area contributed by atoms with Crippen LogP contribution in [-0.4, -0.2) is 37.8 Å². The highest BCUT2D eigenvalue weighted by atomic mass is 19.1. The number of amides is 2. The van der Waals surface area contributed by atoms with Crippen molar-refractivity contribution in [2.45, 2.75) is 46.3 Å². The molecule has 0 fully saturated rings. The first-order valence-electron chi connectivity index (χ1n) is 10.5. The summed E-state index contributed by atoms with van der Waals surface area (Å²) >= 11 is 0. The fourth-order valence-electron chi connectivity index (χ4n) is 3.07. The average molecular weight is 486 g/mol. The van der Waals surface area contributed by atoms with Gasteiger partial charge in [-0.25, -0.2) is 23.4 Å². The molecule has 0 spiro atoms. The third-order valence-corrected chi connectivity index (χ3v) is 4.78. The van der Waals surface area contributed by atoms with Gasteiger partial charge in [0.2, 0.25) is 0 Å². The van der Waals surface area contributed by atoms with Crippen molar-refractivity contribution >= 4 is 18.0 Å². The van der Waals surface area contributed by atoms with Gasteiger partial charge in [-0.2, -0.15) is 4.90 Å². The molecule has 0 aliphatic carbocycles. The highest BCUT2D eigenvalue weighted by Gasteiger charge is 2.32. The molecule has 0 atom stereocenters. The van der Waals surface area contributed by atoms with Crippen LogP contribution in [0.5, 0.6) is 5.75 Å². The Morgan fingerprint density at radius 2 is 1.83 bits per heavy atom. The first-order chi connectivity index (χ1) is 16.5. The van der Waals surface area contributed by atoms with Gasteiger partial charge in [-0.3, -0.25) is 9.97 Å². The molecule has 0 saturated heterocycles. The van der Waals surface area contributed by atoms with Gasteiger partial charge in [0.25, 0.3) is 0 Å². The van der Waals surface area contributed by atoms with E-state index in [0.717, 1.165) is 0 Å². The topological polar surface area (TPSA) is 115 Å². The van der Waals surface area contributed by atoms with Gasteiger partial charge in [0.05, 0.1) is 6.20 Å². The summed E-state index contributed by atoms with van der Waals surface area (Å²) < 4.78 is 39.9. The van der Waals surface area contributed by atoms with E-state index in [4.69, 9.17) is 9.47 Å². The molecule has 0 bridgehead atoms. The molecule has 0 aliphatic rings. The van der Waals surface area contributed by atoms with Gasteiger partial charge >= 0.3 is 12.2 Å². The number of hydrogen-bond donors (Lipinski definition) is 1. The number of ether oxygens (including phenoxy) is 2. The average Bonchev–Trinajstić information content (AvgIpc) is 2.76. The van der Waals surface area contributed by atoms with Gasteiger partial charge in [0, 0.05) is 25.0 Å². The molecular weight excluding hydrogens is 462 g/mol. The van der Waals surface area contributed by atoms with Crippen LogP contribution in [0.4, 0.5) is 24.2 Å². The van der Waals surface area contributed by atoms with Crippen LogP contribution < -0.4 is 9.64 Å². The maximum atomic E-state index is 15.3. The minimum Gasteiger partial charge on any atom is -0.485 e. The SMILES string of the molecule is Cc1c(Cc2ccnc(N(C(=O)O)C(=O)OC(C)(C)C)c2F)cncc1OCc1ncccc1F. The molecule has 3 aromatic heterocycles. The van der Waals surface area contributed by atoms with E-state index in [1.807, 2.05) is 0 Å². The molecule has 2 amide bonds. The fraction of sp³-hybridized carbons (Fsp3) is 0.292. The summed E-state index contributed by atoms with van der Waals surface area (Å²) in [5.74, 6) is -1.85. The van der Waals surface area contributed by atoms with Crippen molar-refractivity contribution in [3.8, 4) is 5.75 Å². The molecule has 3 rings (SSSR count). The predicted molar refractivity (Wildman–Crippen MR) is 121 cm³/mol. The summed E-state index contributed by atoms with van der Waals surface area (Å²) in [4.78, 5) is 36.0. The standard InChI is InChI=1S/C24H24F2N4O5/c1-14-16(11-27-12-19(14)34-13-18-17(25)6-5-8-28-18)10-15-7-9-29-21(20(15)26)30(22(31)32)23(33)35-24(2,3)4/h5-9,11-12H,10,13H2,1-4H3,(H,31,32). The number of imide groups is 1. The molecule has 11 heteroatoms. The van der Waals surface area contributed by atoms with Crippen molar-refractivity contribution in [2.75, 3.05) is 4.90 Å². The Morgan fingerprint density at radius 1 is 1.09 bits per heavy atom. The van der Waals surface area contributed by atoms with Crippen LogP contribution in [0.15, 0.2) is 43.0 Å². The van der Waals surface area contributed by atoms with E-state index in [0.29, 0.717) is 16.9 Å². The molecule has 0 aromatic carbocycles. The summed E-state index contributed by atoms with van der Waals surface area (Å²) in [7, 11) is 0. The second-order valence-electron chi connectivity index (χ2n) is 8.53. The second kappa shape index (κ2) is 10.4. The molecule has 9 nitrogen and oxygen atoms in total. The van der Waals surface area contributed by atoms with Gasteiger partial charge in [-0.05, 0) is 62.6 Å². The van der Waals surface area contributed by atoms with Crippen molar-refractivity contribution in [2.24, 2.45) is 0 Å². The third-order valence-electron chi connectivity index (χ3n) is 4.78. The Hall–Kier alpha value is -4.15. The van der Waals surface area contributed by atoms with E-state index in [-0.39, 0.29) is 29.2 Å². The summed E-state index contributed by atoms with van der Waals surface area (Å²) in [6, 6.07) is 4.11. The molecule has 1 N–H and O–H groups in total. The Morgan fingerprint density at radius 3 is 2.49 bits per heavy atom. The summed E-state index contributed by atoms with van der Waals surface area (Å²) in [6.07, 6.45) is 2.58. The number of hydrogen-bond acceptors (Lipinski definition) is 7. The van der Waals surface area contributed by atoms with Crippen molar-refractivity contribution in [3.05, 3.63) is 77.0 Å². The van der Waals surface area contributed by atoms with Crippen molar-refractivity contribution in [3.63, 3.8) is 0 Å². The fourth-order valence-corrected chi connectivity index (χ4v) is 3.07. The molecular formula is C24H24F2N4O5. The third kappa shape index (κ3) is 6.25. The summed E-state index contributed by atoms with van der Waals surface area (Å²) in [5.41, 5.74) is 0.386. The lowest BCUT2D eigenvalue weighted by molar-refractivity contribution is 0.0579. The summed E-state index contributed by atoms with van der Waals surface area (Å²) in [5, 5.41) is 9.51. The number of rotatable bonds is 6. The molecule has 35 heavy (non-hydrogen) atoms. The van der Waals surface area contributed by atoms with E-state index in [9.17, 15) is 19.1 Å². The number of pyridine rings is 3. The lowest BCUT2D eigenvalue weighted by atomic mass is 10.0. The predicted octanol–water partition coefficient (Wildman–Crippen LogP) is 5.05. The van der Waals surface area contributed by atoms with E-state index in [2.05, 4.69) is 15.0 Å². The maximum absolute atomic E-state index is 15.3. The quantitative estimate of drug-likeness (QED) is 0.515. The molecule has 0 unspecified atom stereocenters. The number of halogens is 2. The van der Waals surface area contributed by atoms with Crippen LogP contribution in [0.1, 0.15) is 43.2 Å². The molecule has 0 saturated carbocycles. The van der Waals surface area contributed by atoms with Crippen LogP contribution in [0.2, 0.25) is 0 Å². The molecule has 0 radical (unpaired) electrons. The normalized spacial score (nSPS) is 11.1. The monoisotopic (exact) mass is 486 g/mol. The molecule has 3 heterocycles. The number of carboxylic acid groups (broad SMARTS) is 1. The number of nitrogens with zero attached hydrogens (tertiary/aromatic N) is 4. The largest absolute Gasteiger partial charge is 0.485 e. The van der Waals surface area contributed by atoms with Crippen LogP contribution in [0.3, 0.4) is 0 Å². The second-order valence-corrected chi connectivity index (χ2v) is 8.53. The highest BCUT2D eigenvalue weighted by Crippen LogP contribution is 2.27. The van der Waals surface area contributed by atoms with Crippen molar-refractivity contribution < 1.29 is 33.0 Å². The number of carbonyl (C=O) groups is 2. The lowest BCUT2D eigenvalue weighted by Gasteiger charge is -2.24. The van der Waals surface area contributed by atoms with Gasteiger partial charge in [-0.15, -0.1) is 0 Å². The van der Waals surface area contributed by atoms with E-state index in [1.54, 1.807) is 27.7 Å². The van der Waals surface area contributed by atoms with Gasteiger partial charge in [0.15, 0.2) is 11.6 Å². The lowest BCUT2D eigenvalue weighted by Crippen LogP contribution is -2.41. The van der Waals surface area contributed by atoms with Crippen molar-refractivity contribution in [1.29, 1.82) is 0 Å². The van der Waals surface area contributed by atoms with Crippen LogP contribution >= 0.6 is 0 Å². The molecule has 3 aromatic rings. The van der Waals surface area contributed by atoms with Gasteiger partial charge in [0.1, 0.15) is 29.5 Å². The Labute approximate surface area is 200 Å². The van der Waals surface area contributed by atoms with Gasteiger partial charge in [-0.1, -0.05) is 0 Å². The molecule has 184 valence electrons. The number of anilines is 1. The van der Waals surface area contributed by atoms with Crippen LogP contribution in [0, 0.1) is 18.6 Å². The zero-order chi connectivity index (χ0) is 25.8. The summed E-state index contributed by atoms with van der Waals surface area (Å²) in [6.45, 7) is 6.26. The van der Waals surface area contributed by atoms with E-state index >= 15 is 4.39 Å². The Kier molecular flexibility index (Phi) is 7.58. The van der Waals surface area contributed by atoms with E-state index < -0.39 is 35.2 Å². The highest BCUT2D eigenvalue weighted by molar-refractivity contribution is 6.08. The first kappa shape index (κ1) is 25.5. The van der Waals surface area contributed by atoms with Gasteiger partial charge < -0.3 is 14.6 Å². The molecule has 0 aliphatic heterocycles. The van der Waals surface area contributed by atoms with Crippen molar-refractivity contribution in [1.82, 2.24) is 15.0 Å². The smallest absolute Gasteiger partial charge is 0.425 e. The minimum atomic E-state index is -1.74. The number of carbonyl (C=O) groups excluding carboxylic acids is 1. The van der Waals surface area contributed by atoms with Crippen LogP contribution in [0.25, 0.3) is 0 Å². The van der Waals surface area contributed by atoms with Crippen LogP contribution in [-0.2, 0) is 17.8 Å². The zero-order valence-corrected chi connectivity index (χ0v) is 19.6. The first-order valence-corrected chi connectivity index (χ1v) is 10.5.